The molecule has 1 atom stereocenters. The zero-order valence-corrected chi connectivity index (χ0v) is 10.3. The predicted octanol–water partition coefficient (Wildman–Crippen LogP) is 3.11. The first-order valence-corrected chi connectivity index (χ1v) is 5.52. The van der Waals surface area contributed by atoms with Gasteiger partial charge in [0.25, 0.3) is 0 Å². The number of benzene rings is 1. The molecular weight excluding hydrogens is 210 g/mol. The number of aryl methyl sites for hydroxylation is 1. The Morgan fingerprint density at radius 2 is 2.13 bits per heavy atom. The molecule has 0 aromatic heterocycles. The van der Waals surface area contributed by atoms with Crippen molar-refractivity contribution in [3.8, 4) is 5.75 Å². The summed E-state index contributed by atoms with van der Waals surface area (Å²) in [6.45, 7) is 4.80. The summed E-state index contributed by atoms with van der Waals surface area (Å²) in [6, 6.07) is 3.94. The summed E-state index contributed by atoms with van der Waals surface area (Å²) in [5, 5.41) is 0.830. The standard InChI is InChI=1S/C12H18ClNO/c1-8(4-5-14)11-7-10(15-3)6-9(2)12(11)13/h6-8H,4-5,14H2,1-3H3. The van der Waals surface area contributed by atoms with Crippen LogP contribution in [0, 0.1) is 6.92 Å². The number of hydrogen-bond acceptors (Lipinski definition) is 2. The molecule has 0 spiro atoms. The molecule has 2 N–H and O–H groups in total. The van der Waals surface area contributed by atoms with Crippen LogP contribution in [0.4, 0.5) is 0 Å². The van der Waals surface area contributed by atoms with Crippen molar-refractivity contribution in [3.05, 3.63) is 28.3 Å². The Bertz CT molecular complexity index is 339. The van der Waals surface area contributed by atoms with Gasteiger partial charge in [-0.25, -0.2) is 0 Å². The zero-order chi connectivity index (χ0) is 11.4. The van der Waals surface area contributed by atoms with Crippen LogP contribution in [0.2, 0.25) is 5.02 Å². The Labute approximate surface area is 96.4 Å². The Kier molecular flexibility index (Phi) is 4.43. The van der Waals surface area contributed by atoms with E-state index >= 15 is 0 Å². The first kappa shape index (κ1) is 12.3. The molecule has 1 aromatic rings. The molecular formula is C12H18ClNO. The summed E-state index contributed by atoms with van der Waals surface area (Å²) < 4.78 is 5.23. The number of hydrogen-bond donors (Lipinski definition) is 1. The number of rotatable bonds is 4. The van der Waals surface area contributed by atoms with Crippen molar-refractivity contribution < 1.29 is 4.74 Å². The molecule has 0 saturated heterocycles. The Hall–Kier alpha value is -0.730. The highest BCUT2D eigenvalue weighted by atomic mass is 35.5. The average molecular weight is 228 g/mol. The van der Waals surface area contributed by atoms with Crippen molar-refractivity contribution in [2.75, 3.05) is 13.7 Å². The molecule has 15 heavy (non-hydrogen) atoms. The van der Waals surface area contributed by atoms with Crippen LogP contribution in [0.3, 0.4) is 0 Å². The van der Waals surface area contributed by atoms with E-state index in [4.69, 9.17) is 22.1 Å². The van der Waals surface area contributed by atoms with Crippen LogP contribution in [-0.2, 0) is 0 Å². The second-order valence-corrected chi connectivity index (χ2v) is 4.20. The molecule has 0 aliphatic rings. The molecule has 0 amide bonds. The highest BCUT2D eigenvalue weighted by Gasteiger charge is 2.12. The second kappa shape index (κ2) is 5.38. The van der Waals surface area contributed by atoms with Gasteiger partial charge in [-0.15, -0.1) is 0 Å². The van der Waals surface area contributed by atoms with E-state index in [1.54, 1.807) is 7.11 Å². The van der Waals surface area contributed by atoms with E-state index < -0.39 is 0 Å². The van der Waals surface area contributed by atoms with Crippen molar-refractivity contribution in [2.45, 2.75) is 26.2 Å². The Morgan fingerprint density at radius 1 is 1.47 bits per heavy atom. The Balaban J connectivity index is 3.09. The SMILES string of the molecule is COc1cc(C)c(Cl)c(C(C)CCN)c1. The van der Waals surface area contributed by atoms with Crippen molar-refractivity contribution in [1.82, 2.24) is 0 Å². The van der Waals surface area contributed by atoms with Gasteiger partial charge in [0.2, 0.25) is 0 Å². The van der Waals surface area contributed by atoms with Crippen LogP contribution in [0.5, 0.6) is 5.75 Å². The van der Waals surface area contributed by atoms with E-state index in [1.807, 2.05) is 19.1 Å². The van der Waals surface area contributed by atoms with E-state index in [0.29, 0.717) is 12.5 Å². The molecule has 1 unspecified atom stereocenters. The lowest BCUT2D eigenvalue weighted by Crippen LogP contribution is -2.05. The minimum absolute atomic E-state index is 0.372. The van der Waals surface area contributed by atoms with E-state index in [-0.39, 0.29) is 0 Å². The van der Waals surface area contributed by atoms with Crippen LogP contribution in [-0.4, -0.2) is 13.7 Å². The third-order valence-electron chi connectivity index (χ3n) is 2.62. The molecule has 1 aromatic carbocycles. The normalized spacial score (nSPS) is 12.6. The van der Waals surface area contributed by atoms with Gasteiger partial charge < -0.3 is 10.5 Å². The van der Waals surface area contributed by atoms with Gasteiger partial charge in [-0.1, -0.05) is 18.5 Å². The van der Waals surface area contributed by atoms with Gasteiger partial charge in [-0.2, -0.15) is 0 Å². The van der Waals surface area contributed by atoms with Gasteiger partial charge in [-0.05, 0) is 49.1 Å². The van der Waals surface area contributed by atoms with Crippen LogP contribution >= 0.6 is 11.6 Å². The molecule has 2 nitrogen and oxygen atoms in total. The molecule has 1 rings (SSSR count). The molecule has 0 heterocycles. The number of ether oxygens (including phenoxy) is 1. The third-order valence-corrected chi connectivity index (χ3v) is 3.14. The van der Waals surface area contributed by atoms with Gasteiger partial charge in [0.1, 0.15) is 5.75 Å². The van der Waals surface area contributed by atoms with Crippen LogP contribution in [0.1, 0.15) is 30.4 Å². The fourth-order valence-electron chi connectivity index (χ4n) is 1.64. The van der Waals surface area contributed by atoms with Gasteiger partial charge in [0.05, 0.1) is 7.11 Å². The van der Waals surface area contributed by atoms with E-state index in [9.17, 15) is 0 Å². The maximum atomic E-state index is 6.26. The van der Waals surface area contributed by atoms with Crippen molar-refractivity contribution in [2.24, 2.45) is 5.73 Å². The quantitative estimate of drug-likeness (QED) is 0.858. The predicted molar refractivity (Wildman–Crippen MR) is 64.8 cm³/mol. The smallest absolute Gasteiger partial charge is 0.119 e. The molecule has 0 bridgehead atoms. The lowest BCUT2D eigenvalue weighted by Gasteiger charge is -2.15. The van der Waals surface area contributed by atoms with Crippen LogP contribution in [0.15, 0.2) is 12.1 Å². The van der Waals surface area contributed by atoms with Gasteiger partial charge in [0.15, 0.2) is 0 Å². The molecule has 0 fully saturated rings. The number of methoxy groups -OCH3 is 1. The summed E-state index contributed by atoms with van der Waals surface area (Å²) in [7, 11) is 1.67. The molecule has 0 saturated carbocycles. The summed E-state index contributed by atoms with van der Waals surface area (Å²) in [5.74, 6) is 1.23. The van der Waals surface area contributed by atoms with E-state index in [1.165, 1.54) is 0 Å². The highest BCUT2D eigenvalue weighted by molar-refractivity contribution is 6.32. The highest BCUT2D eigenvalue weighted by Crippen LogP contribution is 2.32. The monoisotopic (exact) mass is 227 g/mol. The fraction of sp³-hybridized carbons (Fsp3) is 0.500. The largest absolute Gasteiger partial charge is 0.497 e. The van der Waals surface area contributed by atoms with Gasteiger partial charge in [0, 0.05) is 5.02 Å². The first-order valence-electron chi connectivity index (χ1n) is 5.14. The lowest BCUT2D eigenvalue weighted by atomic mass is 9.96. The summed E-state index contributed by atoms with van der Waals surface area (Å²) >= 11 is 6.26. The summed E-state index contributed by atoms with van der Waals surface area (Å²) in [5.41, 5.74) is 7.73. The molecule has 0 radical (unpaired) electrons. The fourth-order valence-corrected chi connectivity index (χ4v) is 1.94. The van der Waals surface area contributed by atoms with E-state index in [2.05, 4.69) is 6.92 Å². The van der Waals surface area contributed by atoms with E-state index in [0.717, 1.165) is 28.3 Å². The minimum atomic E-state index is 0.372. The van der Waals surface area contributed by atoms with Crippen molar-refractivity contribution in [1.29, 1.82) is 0 Å². The number of nitrogens with two attached hydrogens (primary N) is 1. The molecule has 0 aliphatic carbocycles. The topological polar surface area (TPSA) is 35.2 Å². The Morgan fingerprint density at radius 3 is 2.67 bits per heavy atom. The lowest BCUT2D eigenvalue weighted by molar-refractivity contribution is 0.413. The molecule has 0 aliphatic heterocycles. The summed E-state index contributed by atoms with van der Waals surface area (Å²) in [4.78, 5) is 0. The molecule has 3 heteroatoms. The second-order valence-electron chi connectivity index (χ2n) is 3.83. The minimum Gasteiger partial charge on any atom is -0.497 e. The van der Waals surface area contributed by atoms with Crippen LogP contribution < -0.4 is 10.5 Å². The van der Waals surface area contributed by atoms with Crippen molar-refractivity contribution in [3.63, 3.8) is 0 Å². The van der Waals surface area contributed by atoms with Gasteiger partial charge in [-0.3, -0.25) is 0 Å². The number of halogens is 1. The molecule has 84 valence electrons. The van der Waals surface area contributed by atoms with Gasteiger partial charge >= 0.3 is 0 Å². The van der Waals surface area contributed by atoms with Crippen LogP contribution in [0.25, 0.3) is 0 Å². The maximum absolute atomic E-state index is 6.26. The average Bonchev–Trinajstić information content (AvgIpc) is 2.22. The zero-order valence-electron chi connectivity index (χ0n) is 9.51. The first-order chi connectivity index (χ1) is 7.10. The van der Waals surface area contributed by atoms with Crippen molar-refractivity contribution >= 4 is 11.6 Å². The maximum Gasteiger partial charge on any atom is 0.119 e. The summed E-state index contributed by atoms with van der Waals surface area (Å²) in [6.07, 6.45) is 0.937. The third kappa shape index (κ3) is 2.86.